The lowest BCUT2D eigenvalue weighted by Crippen LogP contribution is -2.40. The van der Waals surface area contributed by atoms with Crippen LogP contribution in [0, 0.1) is 5.82 Å². The van der Waals surface area contributed by atoms with Crippen LogP contribution in [-0.4, -0.2) is 45.6 Å². The standard InChI is InChI=1S/C36H31FN4O4S/c1-2-45-35(44)31-32(23-10-4-3-5-11-23)38-36-41(33(31)24-14-16-26(37)17-15-24)34(43)29(46-36)20-25-21-40(28-13-7-6-12-27(25)28)22-30(42)39-18-8-9-19-39/h3-7,10-17,20-21,33H,2,8-9,18-19,22H2,1H3/b29-20+/t33-/m0/s1. The minimum Gasteiger partial charge on any atom is -0.463 e. The van der Waals surface area contributed by atoms with E-state index in [4.69, 9.17) is 9.73 Å². The second-order valence-electron chi connectivity index (χ2n) is 11.3. The highest BCUT2D eigenvalue weighted by Crippen LogP contribution is 2.35. The van der Waals surface area contributed by atoms with Crippen molar-refractivity contribution in [3.8, 4) is 0 Å². The van der Waals surface area contributed by atoms with Crippen molar-refractivity contribution >= 4 is 45.9 Å². The van der Waals surface area contributed by atoms with Gasteiger partial charge < -0.3 is 14.2 Å². The maximum absolute atomic E-state index is 14.3. The topological polar surface area (TPSA) is 85.9 Å². The summed E-state index contributed by atoms with van der Waals surface area (Å²) in [6, 6.07) is 22.0. The van der Waals surface area contributed by atoms with E-state index in [1.165, 1.54) is 28.0 Å². The first kappa shape index (κ1) is 29.6. The number of rotatable bonds is 7. The zero-order valence-electron chi connectivity index (χ0n) is 25.2. The average Bonchev–Trinajstić information content (AvgIpc) is 3.81. The lowest BCUT2D eigenvalue weighted by Gasteiger charge is -2.25. The highest BCUT2D eigenvalue weighted by atomic mass is 32.1. The molecule has 4 heterocycles. The van der Waals surface area contributed by atoms with Crippen LogP contribution in [0.2, 0.25) is 0 Å². The molecule has 0 saturated carbocycles. The van der Waals surface area contributed by atoms with Crippen molar-refractivity contribution in [2.75, 3.05) is 19.7 Å². The Morgan fingerprint density at radius 1 is 1.00 bits per heavy atom. The number of ether oxygens (including phenoxy) is 1. The minimum absolute atomic E-state index is 0.0726. The lowest BCUT2D eigenvalue weighted by atomic mass is 9.93. The predicted octanol–water partition coefficient (Wildman–Crippen LogP) is 4.65. The number of halogens is 1. The van der Waals surface area contributed by atoms with E-state index >= 15 is 0 Å². The summed E-state index contributed by atoms with van der Waals surface area (Å²) in [6.45, 7) is 3.62. The molecule has 10 heteroatoms. The van der Waals surface area contributed by atoms with E-state index in [0.29, 0.717) is 26.2 Å². The van der Waals surface area contributed by atoms with Gasteiger partial charge in [-0.2, -0.15) is 0 Å². The fourth-order valence-electron chi connectivity index (χ4n) is 6.28. The number of likely N-dealkylation sites (tertiary alicyclic amines) is 1. The van der Waals surface area contributed by atoms with Crippen molar-refractivity contribution < 1.29 is 18.7 Å². The molecular weight excluding hydrogens is 603 g/mol. The summed E-state index contributed by atoms with van der Waals surface area (Å²) in [5, 5.41) is 0.912. The van der Waals surface area contributed by atoms with Crippen molar-refractivity contribution in [3.63, 3.8) is 0 Å². The van der Waals surface area contributed by atoms with Gasteiger partial charge in [0, 0.05) is 41.3 Å². The van der Waals surface area contributed by atoms with Gasteiger partial charge in [0.05, 0.1) is 28.5 Å². The van der Waals surface area contributed by atoms with Gasteiger partial charge in [0.15, 0.2) is 4.80 Å². The molecule has 2 aliphatic rings. The zero-order valence-corrected chi connectivity index (χ0v) is 26.0. The second-order valence-corrected chi connectivity index (χ2v) is 12.3. The summed E-state index contributed by atoms with van der Waals surface area (Å²) in [5.41, 5.74) is 3.21. The van der Waals surface area contributed by atoms with E-state index in [1.807, 2.05) is 76.3 Å². The monoisotopic (exact) mass is 634 g/mol. The molecule has 1 amide bonds. The maximum atomic E-state index is 14.3. The number of fused-ring (bicyclic) bond motifs is 2. The van der Waals surface area contributed by atoms with Gasteiger partial charge in [0.2, 0.25) is 5.91 Å². The molecule has 0 unspecified atom stereocenters. The summed E-state index contributed by atoms with van der Waals surface area (Å²) in [6.07, 6.45) is 5.77. The molecule has 5 aromatic rings. The number of carbonyl (C=O) groups excluding carboxylic acids is 2. The molecule has 1 fully saturated rings. The van der Waals surface area contributed by atoms with Gasteiger partial charge in [-0.05, 0) is 49.6 Å². The minimum atomic E-state index is -0.896. The van der Waals surface area contributed by atoms with Gasteiger partial charge in [-0.15, -0.1) is 0 Å². The van der Waals surface area contributed by atoms with E-state index in [-0.39, 0.29) is 30.2 Å². The number of aromatic nitrogens is 2. The Morgan fingerprint density at radius 3 is 2.46 bits per heavy atom. The first-order chi connectivity index (χ1) is 22.4. The largest absolute Gasteiger partial charge is 0.463 e. The van der Waals surface area contributed by atoms with Crippen LogP contribution in [0.4, 0.5) is 4.39 Å². The summed E-state index contributed by atoms with van der Waals surface area (Å²) >= 11 is 1.22. The van der Waals surface area contributed by atoms with Crippen molar-refractivity contribution in [3.05, 3.63) is 133 Å². The van der Waals surface area contributed by atoms with Gasteiger partial charge in [-0.25, -0.2) is 14.2 Å². The first-order valence-corrected chi connectivity index (χ1v) is 16.1. The van der Waals surface area contributed by atoms with Crippen LogP contribution in [-0.2, 0) is 20.9 Å². The van der Waals surface area contributed by atoms with Crippen molar-refractivity contribution in [2.45, 2.75) is 32.4 Å². The fraction of sp³-hybridized carbons (Fsp3) is 0.222. The molecule has 3 aromatic carbocycles. The quantitative estimate of drug-likeness (QED) is 0.244. The van der Waals surface area contributed by atoms with Crippen LogP contribution >= 0.6 is 11.3 Å². The van der Waals surface area contributed by atoms with Crippen LogP contribution in [0.3, 0.4) is 0 Å². The third kappa shape index (κ3) is 5.38. The summed E-state index contributed by atoms with van der Waals surface area (Å²) in [4.78, 5) is 48.1. The van der Waals surface area contributed by atoms with E-state index in [9.17, 15) is 18.8 Å². The van der Waals surface area contributed by atoms with Crippen LogP contribution < -0.4 is 14.9 Å². The van der Waals surface area contributed by atoms with Crippen LogP contribution in [0.15, 0.2) is 100 Å². The highest BCUT2D eigenvalue weighted by molar-refractivity contribution is 7.07. The van der Waals surface area contributed by atoms with E-state index in [2.05, 4.69) is 0 Å². The van der Waals surface area contributed by atoms with Crippen molar-refractivity contribution in [1.29, 1.82) is 0 Å². The molecule has 2 aromatic heterocycles. The van der Waals surface area contributed by atoms with E-state index < -0.39 is 17.8 Å². The molecular formula is C36H31FN4O4S. The number of benzene rings is 3. The normalized spacial score (nSPS) is 16.5. The number of carbonyl (C=O) groups is 2. The molecule has 0 aliphatic carbocycles. The Morgan fingerprint density at radius 2 is 1.72 bits per heavy atom. The number of hydrogen-bond donors (Lipinski definition) is 0. The molecule has 2 aliphatic heterocycles. The summed E-state index contributed by atoms with van der Waals surface area (Å²) in [5.74, 6) is -0.955. The highest BCUT2D eigenvalue weighted by Gasteiger charge is 2.35. The molecule has 0 N–H and O–H groups in total. The molecule has 0 bridgehead atoms. The van der Waals surface area contributed by atoms with Gasteiger partial charge in [0.1, 0.15) is 12.4 Å². The zero-order chi connectivity index (χ0) is 31.8. The molecule has 0 spiro atoms. The Bertz CT molecular complexity index is 2170. The Kier molecular flexibility index (Phi) is 7.96. The van der Waals surface area contributed by atoms with E-state index in [0.717, 1.165) is 42.4 Å². The van der Waals surface area contributed by atoms with E-state index in [1.54, 1.807) is 19.1 Å². The van der Waals surface area contributed by atoms with Crippen LogP contribution in [0.5, 0.6) is 0 Å². The molecule has 46 heavy (non-hydrogen) atoms. The summed E-state index contributed by atoms with van der Waals surface area (Å²) < 4.78 is 23.4. The SMILES string of the molecule is CCOC(=O)C1=C(c2ccccc2)N=c2s/c(=C/c3cn(CC(=O)N4CCCC4)c4ccccc34)c(=O)n2[C@H]1c1ccc(F)cc1. The lowest BCUT2D eigenvalue weighted by molar-refractivity contribution is -0.139. The Balaban J connectivity index is 1.42. The van der Waals surface area contributed by atoms with Gasteiger partial charge in [0.25, 0.3) is 5.56 Å². The van der Waals surface area contributed by atoms with Crippen LogP contribution in [0.1, 0.15) is 42.5 Å². The Hall–Kier alpha value is -5.09. The smallest absolute Gasteiger partial charge is 0.338 e. The third-order valence-corrected chi connectivity index (χ3v) is 9.41. The summed E-state index contributed by atoms with van der Waals surface area (Å²) in [7, 11) is 0. The van der Waals surface area contributed by atoms with Gasteiger partial charge >= 0.3 is 5.97 Å². The molecule has 8 nitrogen and oxygen atoms in total. The maximum Gasteiger partial charge on any atom is 0.338 e. The Labute approximate surface area is 268 Å². The van der Waals surface area contributed by atoms with Gasteiger partial charge in [-0.1, -0.05) is 72.0 Å². The fourth-order valence-corrected chi connectivity index (χ4v) is 7.27. The third-order valence-electron chi connectivity index (χ3n) is 8.43. The molecule has 7 rings (SSSR count). The predicted molar refractivity (Wildman–Crippen MR) is 175 cm³/mol. The van der Waals surface area contributed by atoms with Crippen LogP contribution in [0.25, 0.3) is 22.7 Å². The molecule has 1 atom stereocenters. The number of hydrogen-bond acceptors (Lipinski definition) is 6. The second kappa shape index (κ2) is 12.4. The van der Waals surface area contributed by atoms with Crippen molar-refractivity contribution in [2.24, 2.45) is 4.99 Å². The van der Waals surface area contributed by atoms with Gasteiger partial charge in [-0.3, -0.25) is 14.2 Å². The average molecular weight is 635 g/mol. The molecule has 232 valence electrons. The number of esters is 1. The molecule has 1 saturated heterocycles. The number of thiazole rings is 1. The number of para-hydroxylation sites is 1. The number of amides is 1. The van der Waals surface area contributed by atoms with Crippen molar-refractivity contribution in [1.82, 2.24) is 14.0 Å². The molecule has 0 radical (unpaired) electrons. The first-order valence-electron chi connectivity index (χ1n) is 15.3. The number of nitrogens with zero attached hydrogens (tertiary/aromatic N) is 4.